The molecule has 3 atom stereocenters. The van der Waals surface area contributed by atoms with Crippen LogP contribution in [0.1, 0.15) is 26.7 Å². The van der Waals surface area contributed by atoms with Crippen molar-refractivity contribution in [3.8, 4) is 0 Å². The lowest BCUT2D eigenvalue weighted by atomic mass is 9.94. The van der Waals surface area contributed by atoms with Gasteiger partial charge in [0.1, 0.15) is 0 Å². The van der Waals surface area contributed by atoms with Gasteiger partial charge in [-0.3, -0.25) is 4.90 Å². The Morgan fingerprint density at radius 2 is 1.75 bits per heavy atom. The molecule has 4 heteroatoms. The van der Waals surface area contributed by atoms with E-state index in [1.165, 1.54) is 0 Å². The van der Waals surface area contributed by atoms with E-state index in [-0.39, 0.29) is 17.7 Å². The van der Waals surface area contributed by atoms with Crippen molar-refractivity contribution in [2.45, 2.75) is 44.4 Å². The zero-order valence-corrected chi connectivity index (χ0v) is 11.0. The molecule has 0 aromatic heterocycles. The molecule has 0 aromatic carbocycles. The predicted molar refractivity (Wildman–Crippen MR) is 65.5 cm³/mol. The third-order valence-electron chi connectivity index (χ3n) is 3.81. The number of hydrogen-bond acceptors (Lipinski definition) is 4. The van der Waals surface area contributed by atoms with Gasteiger partial charge in [0.15, 0.2) is 0 Å². The van der Waals surface area contributed by atoms with E-state index in [9.17, 15) is 0 Å². The fraction of sp³-hybridized carbons (Fsp3) is 1.00. The first-order valence-electron chi connectivity index (χ1n) is 6.12. The molecule has 0 amide bonds. The van der Waals surface area contributed by atoms with Gasteiger partial charge in [-0.15, -0.1) is 0 Å². The number of nitrogens with zero attached hydrogens (tertiary/aromatic N) is 1. The normalized spacial score (nSPS) is 30.6. The molecule has 1 saturated heterocycles. The SMILES string of the molecule is CCCC(C)(CN)N1CC(OC)C(OC)C1. The molecular weight excluding hydrogens is 204 g/mol. The van der Waals surface area contributed by atoms with Crippen LogP contribution in [0, 0.1) is 0 Å². The number of nitrogens with two attached hydrogens (primary N) is 1. The molecule has 0 bridgehead atoms. The fourth-order valence-corrected chi connectivity index (χ4v) is 2.57. The molecule has 0 radical (unpaired) electrons. The lowest BCUT2D eigenvalue weighted by molar-refractivity contribution is -0.00461. The molecule has 16 heavy (non-hydrogen) atoms. The Bertz CT molecular complexity index is 201. The molecular formula is C12H26N2O2. The summed E-state index contributed by atoms with van der Waals surface area (Å²) in [6.07, 6.45) is 2.62. The van der Waals surface area contributed by atoms with E-state index in [4.69, 9.17) is 15.2 Å². The maximum Gasteiger partial charge on any atom is 0.0972 e. The number of rotatable bonds is 6. The lowest BCUT2D eigenvalue weighted by Crippen LogP contribution is -2.51. The Morgan fingerprint density at radius 1 is 1.25 bits per heavy atom. The van der Waals surface area contributed by atoms with Crippen LogP contribution in [0.2, 0.25) is 0 Å². The van der Waals surface area contributed by atoms with E-state index >= 15 is 0 Å². The largest absolute Gasteiger partial charge is 0.377 e. The molecule has 1 aliphatic rings. The van der Waals surface area contributed by atoms with E-state index < -0.39 is 0 Å². The minimum absolute atomic E-state index is 0.0822. The second-order valence-electron chi connectivity index (χ2n) is 4.90. The Balaban J connectivity index is 2.67. The van der Waals surface area contributed by atoms with Crippen molar-refractivity contribution in [1.82, 2.24) is 4.90 Å². The number of hydrogen-bond donors (Lipinski definition) is 1. The minimum Gasteiger partial charge on any atom is -0.377 e. The van der Waals surface area contributed by atoms with Crippen LogP contribution in [-0.2, 0) is 9.47 Å². The molecule has 1 heterocycles. The fourth-order valence-electron chi connectivity index (χ4n) is 2.57. The molecule has 3 unspecified atom stereocenters. The zero-order valence-electron chi connectivity index (χ0n) is 11.0. The van der Waals surface area contributed by atoms with Gasteiger partial charge in [-0.2, -0.15) is 0 Å². The van der Waals surface area contributed by atoms with Crippen LogP contribution in [-0.4, -0.2) is 56.5 Å². The lowest BCUT2D eigenvalue weighted by Gasteiger charge is -2.38. The van der Waals surface area contributed by atoms with Crippen LogP contribution in [0.3, 0.4) is 0 Å². The molecule has 0 saturated carbocycles. The van der Waals surface area contributed by atoms with E-state index in [1.54, 1.807) is 14.2 Å². The van der Waals surface area contributed by atoms with Crippen LogP contribution in [0.15, 0.2) is 0 Å². The molecule has 4 nitrogen and oxygen atoms in total. The van der Waals surface area contributed by atoms with Crippen molar-refractivity contribution < 1.29 is 9.47 Å². The van der Waals surface area contributed by atoms with E-state index in [1.807, 2.05) is 0 Å². The Labute approximate surface area is 99.1 Å². The third-order valence-corrected chi connectivity index (χ3v) is 3.81. The van der Waals surface area contributed by atoms with Crippen molar-refractivity contribution in [2.24, 2.45) is 5.73 Å². The molecule has 0 aliphatic carbocycles. The van der Waals surface area contributed by atoms with Gasteiger partial charge in [0, 0.05) is 39.4 Å². The monoisotopic (exact) mass is 230 g/mol. The average Bonchev–Trinajstić information content (AvgIpc) is 2.72. The van der Waals surface area contributed by atoms with E-state index in [0.717, 1.165) is 25.9 Å². The van der Waals surface area contributed by atoms with Gasteiger partial charge in [-0.05, 0) is 13.3 Å². The first-order valence-corrected chi connectivity index (χ1v) is 6.12. The Morgan fingerprint density at radius 3 is 2.06 bits per heavy atom. The quantitative estimate of drug-likeness (QED) is 0.735. The van der Waals surface area contributed by atoms with Gasteiger partial charge in [0.05, 0.1) is 12.2 Å². The highest BCUT2D eigenvalue weighted by Crippen LogP contribution is 2.27. The average molecular weight is 230 g/mol. The first-order chi connectivity index (χ1) is 7.61. The maximum absolute atomic E-state index is 5.92. The third kappa shape index (κ3) is 2.74. The summed E-state index contributed by atoms with van der Waals surface area (Å²) in [6, 6.07) is 0. The molecule has 1 fully saturated rings. The van der Waals surface area contributed by atoms with Crippen molar-refractivity contribution in [2.75, 3.05) is 33.9 Å². The van der Waals surface area contributed by atoms with Gasteiger partial charge < -0.3 is 15.2 Å². The van der Waals surface area contributed by atoms with Gasteiger partial charge >= 0.3 is 0 Å². The van der Waals surface area contributed by atoms with Crippen LogP contribution in [0.5, 0.6) is 0 Å². The van der Waals surface area contributed by atoms with Crippen LogP contribution < -0.4 is 5.73 Å². The Kier molecular flexibility index (Phi) is 5.18. The summed E-state index contributed by atoms with van der Waals surface area (Å²) in [5.74, 6) is 0. The summed E-state index contributed by atoms with van der Waals surface area (Å²) in [7, 11) is 3.50. The van der Waals surface area contributed by atoms with Crippen LogP contribution in [0.25, 0.3) is 0 Å². The predicted octanol–water partition coefficient (Wildman–Crippen LogP) is 0.850. The van der Waals surface area contributed by atoms with Crippen molar-refractivity contribution in [1.29, 1.82) is 0 Å². The van der Waals surface area contributed by atoms with E-state index in [0.29, 0.717) is 6.54 Å². The van der Waals surface area contributed by atoms with Crippen molar-refractivity contribution >= 4 is 0 Å². The first kappa shape index (κ1) is 13.9. The molecule has 1 rings (SSSR count). The highest BCUT2D eigenvalue weighted by Gasteiger charge is 2.41. The highest BCUT2D eigenvalue weighted by molar-refractivity contribution is 4.96. The van der Waals surface area contributed by atoms with Crippen molar-refractivity contribution in [3.63, 3.8) is 0 Å². The van der Waals surface area contributed by atoms with Crippen LogP contribution >= 0.6 is 0 Å². The van der Waals surface area contributed by atoms with E-state index in [2.05, 4.69) is 18.7 Å². The second-order valence-corrected chi connectivity index (χ2v) is 4.90. The molecule has 1 aliphatic heterocycles. The molecule has 96 valence electrons. The summed E-state index contributed by atoms with van der Waals surface area (Å²) in [4.78, 5) is 2.42. The topological polar surface area (TPSA) is 47.7 Å². The highest BCUT2D eigenvalue weighted by atomic mass is 16.5. The zero-order chi connectivity index (χ0) is 12.2. The van der Waals surface area contributed by atoms with Gasteiger partial charge in [0.25, 0.3) is 0 Å². The molecule has 0 aromatic rings. The maximum atomic E-state index is 5.92. The van der Waals surface area contributed by atoms with Gasteiger partial charge in [0.2, 0.25) is 0 Å². The summed E-state index contributed by atoms with van der Waals surface area (Å²) in [5, 5.41) is 0. The summed E-state index contributed by atoms with van der Waals surface area (Å²) in [5.41, 5.74) is 6.01. The van der Waals surface area contributed by atoms with Gasteiger partial charge in [-0.1, -0.05) is 13.3 Å². The molecule has 0 spiro atoms. The number of likely N-dealkylation sites (tertiary alicyclic amines) is 1. The smallest absolute Gasteiger partial charge is 0.0972 e. The van der Waals surface area contributed by atoms with Gasteiger partial charge in [-0.25, -0.2) is 0 Å². The standard InChI is InChI=1S/C12H26N2O2/c1-5-6-12(2,9-13)14-7-10(15-3)11(8-14)16-4/h10-11H,5-9,13H2,1-4H3. The minimum atomic E-state index is 0.0822. The molecule has 2 N–H and O–H groups in total. The summed E-state index contributed by atoms with van der Waals surface area (Å²) < 4.78 is 10.9. The summed E-state index contributed by atoms with van der Waals surface area (Å²) >= 11 is 0. The second kappa shape index (κ2) is 5.96. The van der Waals surface area contributed by atoms with Crippen LogP contribution in [0.4, 0.5) is 0 Å². The summed E-state index contributed by atoms with van der Waals surface area (Å²) in [6.45, 7) is 6.96. The Hall–Kier alpha value is -0.160. The van der Waals surface area contributed by atoms with Crippen molar-refractivity contribution in [3.05, 3.63) is 0 Å². The number of methoxy groups -OCH3 is 2. The number of ether oxygens (including phenoxy) is 2.